The van der Waals surface area contributed by atoms with E-state index >= 15 is 0 Å². The Morgan fingerprint density at radius 2 is 1.96 bits per heavy atom. The summed E-state index contributed by atoms with van der Waals surface area (Å²) in [7, 11) is 0. The van der Waals surface area contributed by atoms with Gasteiger partial charge in [-0.25, -0.2) is 0 Å². The molecule has 132 valence electrons. The SMILES string of the molecule is Cc1ccc(C(=O)N2CCC[C@@H](Nc3ccc(C(C)C)cc3)C2)cn1. The number of anilines is 1. The quantitative estimate of drug-likeness (QED) is 0.908. The van der Waals surface area contributed by atoms with Crippen LogP contribution in [0.2, 0.25) is 0 Å². The van der Waals surface area contributed by atoms with Crippen LogP contribution in [0.3, 0.4) is 0 Å². The van der Waals surface area contributed by atoms with Gasteiger partial charge in [-0.05, 0) is 55.5 Å². The zero-order chi connectivity index (χ0) is 17.8. The number of piperidine rings is 1. The zero-order valence-electron chi connectivity index (χ0n) is 15.3. The maximum Gasteiger partial charge on any atom is 0.255 e. The molecular weight excluding hydrogens is 310 g/mol. The number of pyridine rings is 1. The summed E-state index contributed by atoms with van der Waals surface area (Å²) in [4.78, 5) is 18.9. The largest absolute Gasteiger partial charge is 0.381 e. The summed E-state index contributed by atoms with van der Waals surface area (Å²) in [6, 6.07) is 12.7. The van der Waals surface area contributed by atoms with Gasteiger partial charge in [-0.3, -0.25) is 9.78 Å². The van der Waals surface area contributed by atoms with Gasteiger partial charge in [-0.2, -0.15) is 0 Å². The molecule has 1 atom stereocenters. The average Bonchev–Trinajstić information content (AvgIpc) is 2.62. The molecule has 0 radical (unpaired) electrons. The molecule has 1 saturated heterocycles. The summed E-state index contributed by atoms with van der Waals surface area (Å²) in [6.45, 7) is 7.88. The molecule has 0 bridgehead atoms. The lowest BCUT2D eigenvalue weighted by atomic mass is 10.0. The summed E-state index contributed by atoms with van der Waals surface area (Å²) in [5.74, 6) is 0.620. The highest BCUT2D eigenvalue weighted by atomic mass is 16.2. The number of nitrogens with one attached hydrogen (secondary N) is 1. The van der Waals surface area contributed by atoms with Crippen LogP contribution < -0.4 is 5.32 Å². The Balaban J connectivity index is 1.62. The number of amides is 1. The molecule has 1 N–H and O–H groups in total. The zero-order valence-corrected chi connectivity index (χ0v) is 15.3. The van der Waals surface area contributed by atoms with Crippen molar-refractivity contribution in [2.45, 2.75) is 45.6 Å². The lowest BCUT2D eigenvalue weighted by Crippen LogP contribution is -2.45. The highest BCUT2D eigenvalue weighted by molar-refractivity contribution is 5.94. The number of benzene rings is 1. The van der Waals surface area contributed by atoms with Gasteiger partial charge in [0.15, 0.2) is 0 Å². The van der Waals surface area contributed by atoms with Crippen LogP contribution >= 0.6 is 0 Å². The van der Waals surface area contributed by atoms with E-state index in [1.54, 1.807) is 6.20 Å². The predicted octanol–water partition coefficient (Wildman–Crippen LogP) is 4.23. The van der Waals surface area contributed by atoms with Gasteiger partial charge in [-0.1, -0.05) is 26.0 Å². The number of aryl methyl sites for hydroxylation is 1. The molecule has 1 aliphatic heterocycles. The first-order valence-corrected chi connectivity index (χ1v) is 9.11. The Morgan fingerprint density at radius 1 is 1.20 bits per heavy atom. The Kier molecular flexibility index (Phi) is 5.37. The fourth-order valence-electron chi connectivity index (χ4n) is 3.26. The topological polar surface area (TPSA) is 45.2 Å². The monoisotopic (exact) mass is 337 g/mol. The number of carbonyl (C=O) groups is 1. The van der Waals surface area contributed by atoms with Gasteiger partial charge in [0.1, 0.15) is 0 Å². The summed E-state index contributed by atoms with van der Waals surface area (Å²) in [6.07, 6.45) is 3.79. The number of likely N-dealkylation sites (tertiary alicyclic amines) is 1. The van der Waals surface area contributed by atoms with E-state index in [0.29, 0.717) is 17.5 Å². The van der Waals surface area contributed by atoms with Crippen molar-refractivity contribution >= 4 is 11.6 Å². The van der Waals surface area contributed by atoms with E-state index in [1.807, 2.05) is 24.0 Å². The molecule has 3 rings (SSSR count). The molecule has 0 spiro atoms. The third kappa shape index (κ3) is 4.38. The smallest absolute Gasteiger partial charge is 0.255 e. The van der Waals surface area contributed by atoms with E-state index in [9.17, 15) is 4.79 Å². The molecule has 0 aliphatic carbocycles. The van der Waals surface area contributed by atoms with Crippen LogP contribution in [0.4, 0.5) is 5.69 Å². The van der Waals surface area contributed by atoms with Crippen LogP contribution in [0, 0.1) is 6.92 Å². The summed E-state index contributed by atoms with van der Waals surface area (Å²) in [5.41, 5.74) is 4.07. The van der Waals surface area contributed by atoms with Crippen molar-refractivity contribution in [3.05, 3.63) is 59.4 Å². The Morgan fingerprint density at radius 3 is 2.60 bits per heavy atom. The van der Waals surface area contributed by atoms with Crippen molar-refractivity contribution in [2.75, 3.05) is 18.4 Å². The van der Waals surface area contributed by atoms with Crippen LogP contribution in [0.1, 0.15) is 54.2 Å². The van der Waals surface area contributed by atoms with Gasteiger partial charge in [0.05, 0.1) is 5.56 Å². The van der Waals surface area contributed by atoms with E-state index < -0.39 is 0 Å². The van der Waals surface area contributed by atoms with E-state index in [0.717, 1.165) is 37.3 Å². The van der Waals surface area contributed by atoms with Gasteiger partial charge in [0, 0.05) is 36.7 Å². The molecule has 25 heavy (non-hydrogen) atoms. The fraction of sp³-hybridized carbons (Fsp3) is 0.429. The highest BCUT2D eigenvalue weighted by Gasteiger charge is 2.24. The minimum Gasteiger partial charge on any atom is -0.381 e. The van der Waals surface area contributed by atoms with Crippen LogP contribution in [0.5, 0.6) is 0 Å². The van der Waals surface area contributed by atoms with E-state index in [2.05, 4.69) is 48.4 Å². The summed E-state index contributed by atoms with van der Waals surface area (Å²) in [5, 5.41) is 3.58. The lowest BCUT2D eigenvalue weighted by molar-refractivity contribution is 0.0714. The first-order valence-electron chi connectivity index (χ1n) is 9.11. The minimum atomic E-state index is 0.0779. The molecule has 1 aliphatic rings. The second-order valence-corrected chi connectivity index (χ2v) is 7.20. The van der Waals surface area contributed by atoms with E-state index in [4.69, 9.17) is 0 Å². The number of hydrogen-bond acceptors (Lipinski definition) is 3. The second kappa shape index (κ2) is 7.68. The Hall–Kier alpha value is -2.36. The van der Waals surface area contributed by atoms with Gasteiger partial charge >= 0.3 is 0 Å². The Labute approximate surface area is 150 Å². The van der Waals surface area contributed by atoms with Crippen LogP contribution in [-0.4, -0.2) is 34.9 Å². The second-order valence-electron chi connectivity index (χ2n) is 7.20. The molecule has 1 amide bonds. The van der Waals surface area contributed by atoms with Crippen LogP contribution in [0.25, 0.3) is 0 Å². The third-order valence-corrected chi connectivity index (χ3v) is 4.82. The third-order valence-electron chi connectivity index (χ3n) is 4.82. The molecule has 1 fully saturated rings. The fourth-order valence-corrected chi connectivity index (χ4v) is 3.26. The molecule has 4 nitrogen and oxygen atoms in total. The molecule has 2 aromatic rings. The van der Waals surface area contributed by atoms with Gasteiger partial charge in [0.2, 0.25) is 0 Å². The maximum atomic E-state index is 12.7. The molecule has 4 heteroatoms. The number of rotatable bonds is 4. The Bertz CT molecular complexity index is 707. The highest BCUT2D eigenvalue weighted by Crippen LogP contribution is 2.21. The maximum absolute atomic E-state index is 12.7. The molecule has 1 aromatic heterocycles. The normalized spacial score (nSPS) is 17.6. The van der Waals surface area contributed by atoms with Crippen molar-refractivity contribution < 1.29 is 4.79 Å². The van der Waals surface area contributed by atoms with E-state index in [1.165, 1.54) is 5.56 Å². The summed E-state index contributed by atoms with van der Waals surface area (Å²) >= 11 is 0. The van der Waals surface area contributed by atoms with Crippen molar-refractivity contribution in [2.24, 2.45) is 0 Å². The van der Waals surface area contributed by atoms with Crippen LogP contribution in [-0.2, 0) is 0 Å². The average molecular weight is 337 g/mol. The van der Waals surface area contributed by atoms with Crippen molar-refractivity contribution in [1.82, 2.24) is 9.88 Å². The molecule has 0 unspecified atom stereocenters. The predicted molar refractivity (Wildman–Crippen MR) is 102 cm³/mol. The number of carbonyl (C=O) groups excluding carboxylic acids is 1. The molecule has 0 saturated carbocycles. The van der Waals surface area contributed by atoms with Gasteiger partial charge in [-0.15, -0.1) is 0 Å². The number of hydrogen-bond donors (Lipinski definition) is 1. The molecule has 1 aromatic carbocycles. The lowest BCUT2D eigenvalue weighted by Gasteiger charge is -2.33. The molecular formula is C21H27N3O. The van der Waals surface area contributed by atoms with Crippen molar-refractivity contribution in [3.8, 4) is 0 Å². The van der Waals surface area contributed by atoms with Gasteiger partial charge < -0.3 is 10.2 Å². The first kappa shape index (κ1) is 17.5. The first-order chi connectivity index (χ1) is 12.0. The van der Waals surface area contributed by atoms with Gasteiger partial charge in [0.25, 0.3) is 5.91 Å². The summed E-state index contributed by atoms with van der Waals surface area (Å²) < 4.78 is 0. The molecule has 2 heterocycles. The van der Waals surface area contributed by atoms with Crippen molar-refractivity contribution in [3.63, 3.8) is 0 Å². The van der Waals surface area contributed by atoms with Crippen molar-refractivity contribution in [1.29, 1.82) is 0 Å². The number of aromatic nitrogens is 1. The minimum absolute atomic E-state index is 0.0779. The van der Waals surface area contributed by atoms with E-state index in [-0.39, 0.29) is 5.91 Å². The van der Waals surface area contributed by atoms with Crippen LogP contribution in [0.15, 0.2) is 42.6 Å². The number of nitrogens with zero attached hydrogens (tertiary/aromatic N) is 2. The standard InChI is InChI=1S/C21H27N3O/c1-15(2)17-8-10-19(11-9-17)23-20-5-4-12-24(14-20)21(25)18-7-6-16(3)22-13-18/h6-11,13,15,20,23H,4-5,12,14H2,1-3H3/t20-/m1/s1.